The molecule has 1 saturated heterocycles. The maximum absolute atomic E-state index is 14.5. The van der Waals surface area contributed by atoms with E-state index in [1.54, 1.807) is 32.0 Å². The first kappa shape index (κ1) is 31.5. The van der Waals surface area contributed by atoms with Crippen molar-refractivity contribution >= 4 is 47.7 Å². The fraction of sp³-hybridized carbons (Fsp3) is 0.522. The van der Waals surface area contributed by atoms with E-state index in [1.807, 2.05) is 0 Å². The summed E-state index contributed by atoms with van der Waals surface area (Å²) in [7, 11) is 0. The summed E-state index contributed by atoms with van der Waals surface area (Å²) in [4.78, 5) is 37.1. The van der Waals surface area contributed by atoms with Crippen LogP contribution < -0.4 is 9.61 Å². The Balaban J connectivity index is 1.88. The molecule has 2 aliphatic heterocycles. The van der Waals surface area contributed by atoms with Crippen LogP contribution in [-0.4, -0.2) is 82.0 Å². The third-order valence-corrected chi connectivity index (χ3v) is 8.49. The molecule has 1 aromatic rings. The minimum absolute atomic E-state index is 0.193. The SMILES string of the molecule is CC(C)OC(=O)[C@H](C)NP(=S)(OC[C@@]1(C(F)F)O[C@@H](N2C=C(Cl)C(=O)CC2=O)[C@H](O)[C@H]1O)Oc1ccccc1. The number of allylic oxidation sites excluding steroid dienone is 1. The average molecular weight is 613 g/mol. The summed E-state index contributed by atoms with van der Waals surface area (Å²) in [5, 5.41) is 23.6. The molecule has 2 heterocycles. The van der Waals surface area contributed by atoms with Gasteiger partial charge in [0.05, 0.1) is 19.1 Å². The highest BCUT2D eigenvalue weighted by Crippen LogP contribution is 2.48. The molecule has 16 heteroatoms. The highest BCUT2D eigenvalue weighted by atomic mass is 35.5. The lowest BCUT2D eigenvalue weighted by molar-refractivity contribution is -0.199. The van der Waals surface area contributed by atoms with Gasteiger partial charge in [-0.25, -0.2) is 13.9 Å². The number of amides is 1. The highest BCUT2D eigenvalue weighted by Gasteiger charge is 2.62. The van der Waals surface area contributed by atoms with Gasteiger partial charge in [-0.2, -0.15) is 0 Å². The van der Waals surface area contributed by atoms with Gasteiger partial charge in [0.15, 0.2) is 17.6 Å². The zero-order valence-electron chi connectivity index (χ0n) is 21.0. The van der Waals surface area contributed by atoms with Crippen molar-refractivity contribution in [3.63, 3.8) is 0 Å². The second-order valence-electron chi connectivity index (χ2n) is 9.09. The van der Waals surface area contributed by atoms with Crippen LogP contribution >= 0.6 is 18.2 Å². The quantitative estimate of drug-likeness (QED) is 0.192. The van der Waals surface area contributed by atoms with Gasteiger partial charge in [-0.05, 0) is 44.7 Å². The van der Waals surface area contributed by atoms with Gasteiger partial charge in [0, 0.05) is 6.20 Å². The summed E-state index contributed by atoms with van der Waals surface area (Å²) in [6, 6.07) is 6.89. The Labute approximate surface area is 233 Å². The molecule has 3 N–H and O–H groups in total. The highest BCUT2D eigenvalue weighted by molar-refractivity contribution is 8.09. The van der Waals surface area contributed by atoms with E-state index in [-0.39, 0.29) is 10.8 Å². The van der Waals surface area contributed by atoms with Crippen LogP contribution in [-0.2, 0) is 40.2 Å². The number of alkyl halides is 2. The number of carbonyl (C=O) groups excluding carboxylic acids is 3. The van der Waals surface area contributed by atoms with Crippen molar-refractivity contribution in [1.82, 2.24) is 9.99 Å². The topological polar surface area (TPSA) is 144 Å². The van der Waals surface area contributed by atoms with Crippen molar-refractivity contribution in [2.24, 2.45) is 0 Å². The van der Waals surface area contributed by atoms with Gasteiger partial charge in [0.25, 0.3) is 6.43 Å². The first-order valence-electron chi connectivity index (χ1n) is 11.7. The molecule has 11 nitrogen and oxygen atoms in total. The number of rotatable bonds is 11. The number of carbonyl (C=O) groups is 3. The Bertz CT molecular complexity index is 1160. The van der Waals surface area contributed by atoms with Crippen LogP contribution in [0.1, 0.15) is 27.2 Å². The van der Waals surface area contributed by atoms with Crippen LogP contribution in [0.3, 0.4) is 0 Å². The average Bonchev–Trinajstić information content (AvgIpc) is 3.11. The van der Waals surface area contributed by atoms with E-state index >= 15 is 0 Å². The van der Waals surface area contributed by atoms with Crippen molar-refractivity contribution in [3.8, 4) is 5.75 Å². The van der Waals surface area contributed by atoms with Crippen molar-refractivity contribution in [2.45, 2.75) is 69.8 Å². The second kappa shape index (κ2) is 12.6. The largest absolute Gasteiger partial charge is 0.462 e. The van der Waals surface area contributed by atoms with Crippen molar-refractivity contribution in [1.29, 1.82) is 0 Å². The molecule has 216 valence electrons. The number of halogens is 3. The summed E-state index contributed by atoms with van der Waals surface area (Å²) < 4.78 is 50.9. The molecule has 0 aliphatic carbocycles. The fourth-order valence-electron chi connectivity index (χ4n) is 3.71. The van der Waals surface area contributed by atoms with Crippen LogP contribution in [0.25, 0.3) is 0 Å². The van der Waals surface area contributed by atoms with Gasteiger partial charge in [0.1, 0.15) is 29.0 Å². The predicted molar refractivity (Wildman–Crippen MR) is 137 cm³/mol. The molecule has 1 aromatic carbocycles. The molecule has 0 bridgehead atoms. The minimum atomic E-state index is -3.84. The van der Waals surface area contributed by atoms with E-state index < -0.39 is 79.9 Å². The van der Waals surface area contributed by atoms with Gasteiger partial charge < -0.3 is 28.7 Å². The number of para-hydroxylation sites is 1. The molecule has 0 saturated carbocycles. The summed E-state index contributed by atoms with van der Waals surface area (Å²) in [6.45, 7) is -0.285. The fourth-order valence-corrected chi connectivity index (χ4v) is 6.30. The number of nitrogens with zero attached hydrogens (tertiary/aromatic N) is 1. The van der Waals surface area contributed by atoms with E-state index in [1.165, 1.54) is 19.1 Å². The summed E-state index contributed by atoms with van der Waals surface area (Å²) in [5.74, 6) is -2.11. The zero-order valence-corrected chi connectivity index (χ0v) is 23.5. The lowest BCUT2D eigenvalue weighted by atomic mass is 9.96. The standard InChI is InChI=1S/C23H28ClF2N2O9PS/c1-12(2)35-21(33)13(3)27-38(39,37-14-7-5-4-6-8-14)34-11-23(22(25)26)19(32)18(31)20(36-23)28-10-15(24)16(29)9-17(28)30/h4-8,10,12-13,18-20,22,31-32H,9,11H2,1-3H3,(H,27,39)/t13-,18+,19+,20+,23+,38?/m0/s1. The molecular weight excluding hydrogens is 585 g/mol. The lowest BCUT2D eigenvalue weighted by Gasteiger charge is -2.35. The number of benzene rings is 1. The van der Waals surface area contributed by atoms with E-state index in [0.29, 0.717) is 4.90 Å². The minimum Gasteiger partial charge on any atom is -0.462 e. The molecule has 1 amide bonds. The van der Waals surface area contributed by atoms with Gasteiger partial charge in [-0.15, -0.1) is 0 Å². The van der Waals surface area contributed by atoms with Crippen LogP contribution in [0.2, 0.25) is 0 Å². The van der Waals surface area contributed by atoms with Crippen molar-refractivity contribution < 1.29 is 51.9 Å². The second-order valence-corrected chi connectivity index (χ2v) is 12.6. The molecule has 0 aromatic heterocycles. The Morgan fingerprint density at radius 3 is 2.51 bits per heavy atom. The summed E-state index contributed by atoms with van der Waals surface area (Å²) in [6.07, 6.45) is -9.90. The smallest absolute Gasteiger partial charge is 0.323 e. The van der Waals surface area contributed by atoms with Crippen LogP contribution in [0.15, 0.2) is 41.6 Å². The Hall–Kier alpha value is -2.03. The number of ketones is 1. The Morgan fingerprint density at radius 2 is 1.92 bits per heavy atom. The number of hydrogen-bond acceptors (Lipinski definition) is 10. The normalized spacial score (nSPS) is 27.9. The first-order valence-corrected chi connectivity index (χ1v) is 14.7. The third-order valence-electron chi connectivity index (χ3n) is 5.70. The molecule has 39 heavy (non-hydrogen) atoms. The van der Waals surface area contributed by atoms with Crippen molar-refractivity contribution in [3.05, 3.63) is 41.6 Å². The van der Waals surface area contributed by atoms with Crippen LogP contribution in [0.4, 0.5) is 8.78 Å². The summed E-state index contributed by atoms with van der Waals surface area (Å²) in [5.41, 5.74) is -2.89. The van der Waals surface area contributed by atoms with E-state index in [9.17, 15) is 33.4 Å². The molecule has 1 unspecified atom stereocenters. The monoisotopic (exact) mass is 612 g/mol. The third kappa shape index (κ3) is 7.19. The molecule has 3 rings (SSSR count). The maximum Gasteiger partial charge on any atom is 0.323 e. The number of ether oxygens (including phenoxy) is 2. The molecule has 1 fully saturated rings. The molecule has 0 radical (unpaired) electrons. The number of aliphatic hydroxyl groups is 2. The molecular formula is C23H28ClF2N2O9PS. The number of hydrogen-bond donors (Lipinski definition) is 3. The van der Waals surface area contributed by atoms with E-state index in [0.717, 1.165) is 6.20 Å². The predicted octanol–water partition coefficient (Wildman–Crippen LogP) is 2.20. The van der Waals surface area contributed by atoms with E-state index in [2.05, 4.69) is 5.09 Å². The number of Topliss-reactive ketones (excluding diaryl/α,β-unsaturated/α-hetero) is 1. The maximum atomic E-state index is 14.5. The Kier molecular flexibility index (Phi) is 10.2. The summed E-state index contributed by atoms with van der Waals surface area (Å²) >= 11 is 11.3. The van der Waals surface area contributed by atoms with Gasteiger partial charge >= 0.3 is 12.6 Å². The number of nitrogens with one attached hydrogen (secondary N) is 1. The Morgan fingerprint density at radius 1 is 1.28 bits per heavy atom. The first-order chi connectivity index (χ1) is 18.2. The van der Waals surface area contributed by atoms with Crippen LogP contribution in [0, 0.1) is 0 Å². The van der Waals surface area contributed by atoms with Gasteiger partial charge in [-0.1, -0.05) is 29.8 Å². The number of esters is 1. The zero-order chi connectivity index (χ0) is 29.1. The van der Waals surface area contributed by atoms with Crippen LogP contribution in [0.5, 0.6) is 5.75 Å². The number of aliphatic hydroxyl groups excluding tert-OH is 2. The molecule has 0 spiro atoms. The van der Waals surface area contributed by atoms with Gasteiger partial charge in [-0.3, -0.25) is 19.3 Å². The van der Waals surface area contributed by atoms with E-state index in [4.69, 9.17) is 41.9 Å². The molecule has 6 atom stereocenters. The van der Waals surface area contributed by atoms with Crippen molar-refractivity contribution in [2.75, 3.05) is 6.61 Å². The molecule has 2 aliphatic rings. The lowest BCUT2D eigenvalue weighted by Crippen LogP contribution is -2.53. The van der Waals surface area contributed by atoms with Gasteiger partial charge in [0.2, 0.25) is 5.91 Å².